The number of carbonyl (C=O) groups is 2. The van der Waals surface area contributed by atoms with Crippen molar-refractivity contribution >= 4 is 11.8 Å². The molecule has 5 aliphatic rings. The predicted octanol–water partition coefficient (Wildman–Crippen LogP) is 7.77. The Labute approximate surface area is 214 Å². The summed E-state index contributed by atoms with van der Waals surface area (Å²) in [5, 5.41) is 0. The Morgan fingerprint density at radius 2 is 1.57 bits per heavy atom. The van der Waals surface area contributed by atoms with E-state index in [1.807, 2.05) is 0 Å². The lowest BCUT2D eigenvalue weighted by Crippen LogP contribution is -2.65. The lowest BCUT2D eigenvalue weighted by molar-refractivity contribution is -0.182. The van der Waals surface area contributed by atoms with E-state index in [9.17, 15) is 9.59 Å². The molecule has 0 bridgehead atoms. The molecule has 4 saturated carbocycles. The molecule has 35 heavy (non-hydrogen) atoms. The van der Waals surface area contributed by atoms with Crippen molar-refractivity contribution in [2.45, 2.75) is 120 Å². The summed E-state index contributed by atoms with van der Waals surface area (Å²) in [5.74, 6) is 3.10. The molecule has 0 saturated heterocycles. The second kappa shape index (κ2) is 7.70. The van der Waals surface area contributed by atoms with Crippen LogP contribution in [0.1, 0.15) is 114 Å². The van der Waals surface area contributed by atoms with E-state index >= 15 is 0 Å². The fourth-order valence-corrected chi connectivity index (χ4v) is 11.4. The monoisotopic (exact) mass is 482 g/mol. The summed E-state index contributed by atoms with van der Waals surface area (Å²) < 4.78 is 5.84. The van der Waals surface area contributed by atoms with Crippen LogP contribution in [-0.4, -0.2) is 17.9 Å². The molecule has 9 unspecified atom stereocenters. The lowest BCUT2D eigenvalue weighted by atomic mass is 9.35. The summed E-state index contributed by atoms with van der Waals surface area (Å²) in [7, 11) is 0. The highest BCUT2D eigenvalue weighted by Crippen LogP contribution is 2.75. The molecule has 0 spiro atoms. The van der Waals surface area contributed by atoms with Crippen LogP contribution < -0.4 is 0 Å². The molecule has 5 rings (SSSR count). The summed E-state index contributed by atoms with van der Waals surface area (Å²) in [4.78, 5) is 26.3. The molecule has 0 aliphatic heterocycles. The van der Waals surface area contributed by atoms with Crippen molar-refractivity contribution in [2.24, 2.45) is 56.7 Å². The van der Waals surface area contributed by atoms with Gasteiger partial charge in [0.2, 0.25) is 0 Å². The summed E-state index contributed by atoms with van der Waals surface area (Å²) in [6, 6.07) is 0. The first-order chi connectivity index (χ1) is 16.1. The van der Waals surface area contributed by atoms with Crippen LogP contribution in [0.2, 0.25) is 0 Å². The van der Waals surface area contributed by atoms with E-state index in [1.54, 1.807) is 0 Å². The van der Waals surface area contributed by atoms with Crippen molar-refractivity contribution in [1.29, 1.82) is 0 Å². The molecule has 4 fully saturated rings. The summed E-state index contributed by atoms with van der Waals surface area (Å²) >= 11 is 0. The topological polar surface area (TPSA) is 43.4 Å². The van der Waals surface area contributed by atoms with Crippen molar-refractivity contribution in [1.82, 2.24) is 0 Å². The maximum atomic E-state index is 14.4. The van der Waals surface area contributed by atoms with Gasteiger partial charge < -0.3 is 4.74 Å². The van der Waals surface area contributed by atoms with Crippen LogP contribution in [-0.2, 0) is 14.3 Å². The van der Waals surface area contributed by atoms with Gasteiger partial charge in [0.05, 0.1) is 0 Å². The van der Waals surface area contributed by atoms with Gasteiger partial charge in [-0.15, -0.1) is 0 Å². The average Bonchev–Trinajstić information content (AvgIpc) is 3.11. The van der Waals surface area contributed by atoms with Crippen LogP contribution in [0, 0.1) is 56.7 Å². The molecule has 0 heterocycles. The maximum Gasteiger partial charge on any atom is 0.302 e. The minimum Gasteiger partial charge on any atom is -0.462 e. The van der Waals surface area contributed by atoms with Crippen LogP contribution in [0.15, 0.2) is 11.6 Å². The van der Waals surface area contributed by atoms with Crippen LogP contribution in [0.5, 0.6) is 0 Å². The Hall–Kier alpha value is -1.12. The Kier molecular flexibility index (Phi) is 5.62. The number of hydrogen-bond acceptors (Lipinski definition) is 3. The number of esters is 1. The zero-order valence-electron chi connectivity index (χ0n) is 23.9. The molecule has 0 aromatic heterocycles. The van der Waals surface area contributed by atoms with Gasteiger partial charge in [0.25, 0.3) is 0 Å². The zero-order valence-corrected chi connectivity index (χ0v) is 23.9. The first-order valence-corrected chi connectivity index (χ1v) is 14.6. The number of hydrogen-bond donors (Lipinski definition) is 0. The molecule has 3 nitrogen and oxygen atoms in total. The van der Waals surface area contributed by atoms with Gasteiger partial charge in [-0.05, 0) is 103 Å². The molecule has 0 N–H and O–H groups in total. The second-order valence-corrected chi connectivity index (χ2v) is 15.1. The standard InChI is InChI=1S/C32H50O3/c1-19(2)21-10-13-25-30(21,7)16-17-31(8)22-11-12-24-28(4,5)27(35-20(3)33)14-15-29(24,6)23(22)18-26(34)32(25,31)9/h18-19,21-22,24-25,27H,10-17H2,1-9H3. The third-order valence-corrected chi connectivity index (χ3v) is 13.4. The molecule has 9 atom stereocenters. The number of fused-ring (bicyclic) bond motifs is 7. The van der Waals surface area contributed by atoms with Crippen LogP contribution in [0.25, 0.3) is 0 Å². The van der Waals surface area contributed by atoms with E-state index in [1.165, 1.54) is 51.0 Å². The Bertz CT molecular complexity index is 960. The Balaban J connectivity index is 1.56. The van der Waals surface area contributed by atoms with Gasteiger partial charge in [-0.3, -0.25) is 9.59 Å². The first-order valence-electron chi connectivity index (χ1n) is 14.6. The molecule has 196 valence electrons. The van der Waals surface area contributed by atoms with Gasteiger partial charge in [-0.25, -0.2) is 0 Å². The lowest BCUT2D eigenvalue weighted by Gasteiger charge is -2.68. The highest BCUT2D eigenvalue weighted by Gasteiger charge is 2.71. The van der Waals surface area contributed by atoms with Crippen molar-refractivity contribution in [2.75, 3.05) is 0 Å². The van der Waals surface area contributed by atoms with E-state index in [0.717, 1.165) is 18.8 Å². The zero-order chi connectivity index (χ0) is 25.8. The fraction of sp³-hybridized carbons (Fsp3) is 0.875. The largest absolute Gasteiger partial charge is 0.462 e. The van der Waals surface area contributed by atoms with Crippen molar-refractivity contribution in [3.8, 4) is 0 Å². The number of allylic oxidation sites excluding steroid dienone is 2. The highest BCUT2D eigenvalue weighted by atomic mass is 16.5. The molecule has 0 amide bonds. The number of carbonyl (C=O) groups excluding carboxylic acids is 2. The van der Waals surface area contributed by atoms with Crippen LogP contribution in [0.4, 0.5) is 0 Å². The molecule has 3 heteroatoms. The smallest absolute Gasteiger partial charge is 0.302 e. The van der Waals surface area contributed by atoms with Crippen LogP contribution in [0.3, 0.4) is 0 Å². The minimum atomic E-state index is -0.258. The van der Waals surface area contributed by atoms with Crippen molar-refractivity contribution in [3.05, 3.63) is 11.6 Å². The van der Waals surface area contributed by atoms with Gasteiger partial charge in [0, 0.05) is 17.8 Å². The van der Waals surface area contributed by atoms with Gasteiger partial charge in [0.15, 0.2) is 5.78 Å². The van der Waals surface area contributed by atoms with E-state index in [-0.39, 0.29) is 39.1 Å². The maximum absolute atomic E-state index is 14.4. The molecular weight excluding hydrogens is 432 g/mol. The molecule has 0 aromatic carbocycles. The highest BCUT2D eigenvalue weighted by molar-refractivity contribution is 5.98. The predicted molar refractivity (Wildman–Crippen MR) is 141 cm³/mol. The summed E-state index contributed by atoms with van der Waals surface area (Å²) in [6.45, 7) is 20.8. The molecular formula is C32H50O3. The van der Waals surface area contributed by atoms with E-state index in [0.29, 0.717) is 29.5 Å². The second-order valence-electron chi connectivity index (χ2n) is 15.1. The third-order valence-electron chi connectivity index (χ3n) is 13.4. The Morgan fingerprint density at radius 1 is 0.914 bits per heavy atom. The number of ketones is 1. The van der Waals surface area contributed by atoms with Gasteiger partial charge in [0.1, 0.15) is 6.10 Å². The van der Waals surface area contributed by atoms with Gasteiger partial charge in [-0.2, -0.15) is 0 Å². The number of ether oxygens (including phenoxy) is 1. The quantitative estimate of drug-likeness (QED) is 0.377. The van der Waals surface area contributed by atoms with Gasteiger partial charge >= 0.3 is 5.97 Å². The number of rotatable bonds is 2. The summed E-state index contributed by atoms with van der Waals surface area (Å²) in [6.07, 6.45) is 11.3. The van der Waals surface area contributed by atoms with Crippen molar-refractivity contribution in [3.63, 3.8) is 0 Å². The SMILES string of the molecule is CC(=O)OC1CCC2(C)C3=CC(=O)C4(C)C5CCC(C(C)C)C5(C)CCC4(C)C3CCC2C1(C)C. The van der Waals surface area contributed by atoms with Crippen LogP contribution >= 0.6 is 0 Å². The third kappa shape index (κ3) is 3.08. The summed E-state index contributed by atoms with van der Waals surface area (Å²) in [5.41, 5.74) is 1.45. The van der Waals surface area contributed by atoms with E-state index in [4.69, 9.17) is 4.74 Å². The normalized spacial score (nSPS) is 50.5. The average molecular weight is 483 g/mol. The van der Waals surface area contributed by atoms with E-state index in [2.05, 4.69) is 61.5 Å². The molecule has 0 radical (unpaired) electrons. The molecule has 5 aliphatic carbocycles. The first kappa shape index (κ1) is 25.5. The van der Waals surface area contributed by atoms with E-state index < -0.39 is 0 Å². The Morgan fingerprint density at radius 3 is 2.20 bits per heavy atom. The van der Waals surface area contributed by atoms with Crippen molar-refractivity contribution < 1.29 is 14.3 Å². The van der Waals surface area contributed by atoms with Gasteiger partial charge in [-0.1, -0.05) is 61.0 Å². The molecule has 0 aromatic rings. The minimum absolute atomic E-state index is 0.0138. The fourth-order valence-electron chi connectivity index (χ4n) is 11.4.